The van der Waals surface area contributed by atoms with Gasteiger partial charge in [0.1, 0.15) is 0 Å². The Kier molecular flexibility index (Phi) is 4.28. The normalized spacial score (nSPS) is 10.2. The van der Waals surface area contributed by atoms with E-state index in [2.05, 4.69) is 21.2 Å². The highest BCUT2D eigenvalue weighted by molar-refractivity contribution is 9.10. The predicted octanol–water partition coefficient (Wildman–Crippen LogP) is 2.69. The maximum Gasteiger partial charge on any atom is 0.257 e. The summed E-state index contributed by atoms with van der Waals surface area (Å²) in [6.45, 7) is 1.72. The number of anilines is 2. The van der Waals surface area contributed by atoms with E-state index >= 15 is 0 Å². The highest BCUT2D eigenvalue weighted by Crippen LogP contribution is 2.22. The average Bonchev–Trinajstić information content (AvgIpc) is 2.40. The van der Waals surface area contributed by atoms with Gasteiger partial charge in [0.2, 0.25) is 5.91 Å². The molecule has 2 aromatic rings. The van der Waals surface area contributed by atoms with Crippen molar-refractivity contribution in [2.24, 2.45) is 5.73 Å². The van der Waals surface area contributed by atoms with E-state index in [1.807, 2.05) is 0 Å². The molecule has 0 fully saturated rings. The van der Waals surface area contributed by atoms with Crippen molar-refractivity contribution in [2.75, 3.05) is 11.1 Å². The average molecular weight is 348 g/mol. The molecule has 0 bridgehead atoms. The van der Waals surface area contributed by atoms with E-state index < -0.39 is 5.91 Å². The standard InChI is InChI=1S/C15H14BrN3O2/c1-8-10(14(18)20)3-2-4-13(8)19-15(21)11-6-5-9(16)7-12(11)17/h2-7H,17H2,1H3,(H2,18,20)(H,19,21). The second kappa shape index (κ2) is 5.97. The maximum atomic E-state index is 12.3. The molecular weight excluding hydrogens is 334 g/mol. The Bertz CT molecular complexity index is 729. The molecule has 6 heteroatoms. The number of benzene rings is 2. The molecule has 21 heavy (non-hydrogen) atoms. The topological polar surface area (TPSA) is 98.2 Å². The lowest BCUT2D eigenvalue weighted by molar-refractivity contribution is 0.0995. The molecule has 2 aromatic carbocycles. The number of hydrogen-bond acceptors (Lipinski definition) is 3. The lowest BCUT2D eigenvalue weighted by atomic mass is 10.1. The van der Waals surface area contributed by atoms with Crippen LogP contribution in [-0.2, 0) is 0 Å². The summed E-state index contributed by atoms with van der Waals surface area (Å²) in [5.74, 6) is -0.878. The number of carbonyl (C=O) groups excluding carboxylic acids is 2. The van der Waals surface area contributed by atoms with E-state index in [-0.39, 0.29) is 5.91 Å². The van der Waals surface area contributed by atoms with Gasteiger partial charge in [0, 0.05) is 21.4 Å². The lowest BCUT2D eigenvalue weighted by Crippen LogP contribution is -2.17. The minimum absolute atomic E-state index is 0.343. The number of nitrogen functional groups attached to an aromatic ring is 1. The van der Waals surface area contributed by atoms with Crippen molar-refractivity contribution >= 4 is 39.1 Å². The van der Waals surface area contributed by atoms with Crippen LogP contribution in [0.2, 0.25) is 0 Å². The first-order valence-corrected chi connectivity index (χ1v) is 6.95. The number of nitrogens with two attached hydrogens (primary N) is 2. The molecule has 0 unspecified atom stereocenters. The minimum atomic E-state index is -0.535. The van der Waals surface area contributed by atoms with Gasteiger partial charge in [-0.05, 0) is 42.8 Å². The monoisotopic (exact) mass is 347 g/mol. The molecule has 0 saturated carbocycles. The van der Waals surface area contributed by atoms with Crippen LogP contribution < -0.4 is 16.8 Å². The maximum absolute atomic E-state index is 12.3. The molecule has 0 radical (unpaired) electrons. The van der Waals surface area contributed by atoms with Gasteiger partial charge in [-0.1, -0.05) is 22.0 Å². The van der Waals surface area contributed by atoms with Gasteiger partial charge in [0.15, 0.2) is 0 Å². The summed E-state index contributed by atoms with van der Waals surface area (Å²) in [6.07, 6.45) is 0. The molecule has 0 saturated heterocycles. The number of halogens is 1. The van der Waals surface area contributed by atoms with Crippen LogP contribution in [0.5, 0.6) is 0 Å². The molecule has 5 N–H and O–H groups in total. The van der Waals surface area contributed by atoms with Gasteiger partial charge in [-0.15, -0.1) is 0 Å². The van der Waals surface area contributed by atoms with Gasteiger partial charge in [-0.2, -0.15) is 0 Å². The molecule has 0 spiro atoms. The number of carbonyl (C=O) groups is 2. The summed E-state index contributed by atoms with van der Waals surface area (Å²) in [5.41, 5.74) is 13.4. The van der Waals surface area contributed by atoms with E-state index in [1.165, 1.54) is 0 Å². The first-order valence-electron chi connectivity index (χ1n) is 6.16. The fourth-order valence-corrected chi connectivity index (χ4v) is 2.35. The molecule has 0 atom stereocenters. The zero-order chi connectivity index (χ0) is 15.6. The summed E-state index contributed by atoms with van der Waals surface area (Å²) >= 11 is 3.29. The SMILES string of the molecule is Cc1c(NC(=O)c2ccc(Br)cc2N)cccc1C(N)=O. The second-order valence-electron chi connectivity index (χ2n) is 4.53. The zero-order valence-electron chi connectivity index (χ0n) is 11.3. The minimum Gasteiger partial charge on any atom is -0.398 e. The van der Waals surface area contributed by atoms with Crippen molar-refractivity contribution in [1.82, 2.24) is 0 Å². The smallest absolute Gasteiger partial charge is 0.257 e. The van der Waals surface area contributed by atoms with E-state index in [4.69, 9.17) is 11.5 Å². The van der Waals surface area contributed by atoms with Crippen LogP contribution in [0.1, 0.15) is 26.3 Å². The fraction of sp³-hybridized carbons (Fsp3) is 0.0667. The van der Waals surface area contributed by atoms with Crippen LogP contribution in [0.15, 0.2) is 40.9 Å². The van der Waals surface area contributed by atoms with Crippen LogP contribution >= 0.6 is 15.9 Å². The summed E-state index contributed by atoms with van der Waals surface area (Å²) in [6, 6.07) is 9.99. The predicted molar refractivity (Wildman–Crippen MR) is 86.2 cm³/mol. The molecule has 5 nitrogen and oxygen atoms in total. The van der Waals surface area contributed by atoms with Gasteiger partial charge in [0.05, 0.1) is 5.56 Å². The van der Waals surface area contributed by atoms with Crippen LogP contribution in [-0.4, -0.2) is 11.8 Å². The quantitative estimate of drug-likeness (QED) is 0.744. The van der Waals surface area contributed by atoms with Crippen LogP contribution in [0.4, 0.5) is 11.4 Å². The van der Waals surface area contributed by atoms with E-state index in [0.717, 1.165) is 4.47 Å². The molecule has 108 valence electrons. The van der Waals surface area contributed by atoms with E-state index in [1.54, 1.807) is 43.3 Å². The first-order chi connectivity index (χ1) is 9.90. The van der Waals surface area contributed by atoms with Gasteiger partial charge in [-0.3, -0.25) is 9.59 Å². The summed E-state index contributed by atoms with van der Waals surface area (Å²) in [7, 11) is 0. The second-order valence-corrected chi connectivity index (χ2v) is 5.44. The Hall–Kier alpha value is -2.34. The van der Waals surface area contributed by atoms with Gasteiger partial charge >= 0.3 is 0 Å². The van der Waals surface area contributed by atoms with Crippen LogP contribution in [0.3, 0.4) is 0 Å². The zero-order valence-corrected chi connectivity index (χ0v) is 12.9. The van der Waals surface area contributed by atoms with Crippen molar-refractivity contribution in [3.05, 3.63) is 57.6 Å². The van der Waals surface area contributed by atoms with Crippen LogP contribution in [0, 0.1) is 6.92 Å². The van der Waals surface area contributed by atoms with Gasteiger partial charge in [0.25, 0.3) is 5.91 Å². The molecular formula is C15H14BrN3O2. The Balaban J connectivity index is 2.32. The third-order valence-electron chi connectivity index (χ3n) is 3.11. The molecule has 0 aromatic heterocycles. The van der Waals surface area contributed by atoms with Crippen molar-refractivity contribution in [2.45, 2.75) is 6.92 Å². The van der Waals surface area contributed by atoms with E-state index in [0.29, 0.717) is 28.1 Å². The van der Waals surface area contributed by atoms with Crippen molar-refractivity contribution in [3.8, 4) is 0 Å². The number of amides is 2. The van der Waals surface area contributed by atoms with Crippen LogP contribution in [0.25, 0.3) is 0 Å². The third-order valence-corrected chi connectivity index (χ3v) is 3.60. The fourth-order valence-electron chi connectivity index (χ4n) is 1.97. The Morgan fingerprint density at radius 3 is 2.48 bits per heavy atom. The molecule has 2 amide bonds. The molecule has 0 aliphatic carbocycles. The summed E-state index contributed by atoms with van der Waals surface area (Å²) in [4.78, 5) is 23.6. The van der Waals surface area contributed by atoms with Gasteiger partial charge < -0.3 is 16.8 Å². The van der Waals surface area contributed by atoms with Crippen molar-refractivity contribution < 1.29 is 9.59 Å². The lowest BCUT2D eigenvalue weighted by Gasteiger charge is -2.12. The number of hydrogen-bond donors (Lipinski definition) is 3. The first kappa shape index (κ1) is 15.1. The number of primary amides is 1. The number of rotatable bonds is 3. The highest BCUT2D eigenvalue weighted by Gasteiger charge is 2.14. The molecule has 0 heterocycles. The van der Waals surface area contributed by atoms with Crippen molar-refractivity contribution in [3.63, 3.8) is 0 Å². The van der Waals surface area contributed by atoms with Crippen molar-refractivity contribution in [1.29, 1.82) is 0 Å². The Morgan fingerprint density at radius 1 is 1.14 bits per heavy atom. The number of nitrogens with one attached hydrogen (secondary N) is 1. The van der Waals surface area contributed by atoms with Gasteiger partial charge in [-0.25, -0.2) is 0 Å². The summed E-state index contributed by atoms with van der Waals surface area (Å²) in [5, 5.41) is 2.74. The Morgan fingerprint density at radius 2 is 1.86 bits per heavy atom. The largest absolute Gasteiger partial charge is 0.398 e. The highest BCUT2D eigenvalue weighted by atomic mass is 79.9. The molecule has 0 aliphatic rings. The molecule has 0 aliphatic heterocycles. The molecule has 2 rings (SSSR count). The Labute approximate surface area is 130 Å². The summed E-state index contributed by atoms with van der Waals surface area (Å²) < 4.78 is 0.795. The third kappa shape index (κ3) is 3.22. The van der Waals surface area contributed by atoms with E-state index in [9.17, 15) is 9.59 Å².